The lowest BCUT2D eigenvalue weighted by molar-refractivity contribution is 0.438. The summed E-state index contributed by atoms with van der Waals surface area (Å²) in [5.74, 6) is 0.874. The zero-order valence-electron chi connectivity index (χ0n) is 17.5. The van der Waals surface area contributed by atoms with E-state index in [1.165, 1.54) is 5.56 Å². The highest BCUT2D eigenvalue weighted by Crippen LogP contribution is 2.28. The van der Waals surface area contributed by atoms with E-state index in [-0.39, 0.29) is 5.88 Å². The van der Waals surface area contributed by atoms with Gasteiger partial charge in [0, 0.05) is 18.2 Å². The molecule has 1 N–H and O–H groups in total. The number of imidazole rings is 1. The van der Waals surface area contributed by atoms with Gasteiger partial charge in [-0.1, -0.05) is 53.6 Å². The molecule has 3 heterocycles. The fourth-order valence-electron chi connectivity index (χ4n) is 3.92. The SMILES string of the molecule is Cc1cccc(Cc2nc(-c3cccc(C)c3)cn3c(O)c(Cc4ccco4)nc23)c1. The van der Waals surface area contributed by atoms with Crippen LogP contribution in [0, 0.1) is 13.8 Å². The topological polar surface area (TPSA) is 63.6 Å². The van der Waals surface area contributed by atoms with Crippen molar-refractivity contribution in [3.05, 3.63) is 107 Å². The lowest BCUT2D eigenvalue weighted by Gasteiger charge is -2.09. The van der Waals surface area contributed by atoms with E-state index in [2.05, 4.69) is 50.2 Å². The van der Waals surface area contributed by atoms with E-state index >= 15 is 0 Å². The lowest BCUT2D eigenvalue weighted by Crippen LogP contribution is -2.01. The fraction of sp³-hybridized carbons (Fsp3) is 0.154. The van der Waals surface area contributed by atoms with Crippen molar-refractivity contribution >= 4 is 5.65 Å². The minimum atomic E-state index is 0.119. The molecule has 0 aliphatic heterocycles. The summed E-state index contributed by atoms with van der Waals surface area (Å²) in [6.07, 6.45) is 4.53. The second-order valence-corrected chi connectivity index (χ2v) is 7.94. The molecular weight excluding hydrogens is 386 g/mol. The Bertz CT molecular complexity index is 1370. The Labute approximate surface area is 180 Å². The van der Waals surface area contributed by atoms with E-state index in [1.807, 2.05) is 30.5 Å². The van der Waals surface area contributed by atoms with Crippen LogP contribution >= 0.6 is 0 Å². The summed E-state index contributed by atoms with van der Waals surface area (Å²) < 4.78 is 7.20. The van der Waals surface area contributed by atoms with Crippen molar-refractivity contribution in [3.8, 4) is 17.1 Å². The molecule has 5 aromatic rings. The van der Waals surface area contributed by atoms with Crippen molar-refractivity contribution in [2.75, 3.05) is 0 Å². The first kappa shape index (κ1) is 19.1. The van der Waals surface area contributed by atoms with Crippen LogP contribution in [0.2, 0.25) is 0 Å². The average Bonchev–Trinajstić information content (AvgIpc) is 3.37. The second kappa shape index (κ2) is 7.76. The Morgan fingerprint density at radius 1 is 0.871 bits per heavy atom. The molecule has 0 saturated heterocycles. The van der Waals surface area contributed by atoms with Gasteiger partial charge in [0.15, 0.2) is 5.65 Å². The summed E-state index contributed by atoms with van der Waals surface area (Å²) in [5.41, 5.74) is 7.39. The van der Waals surface area contributed by atoms with E-state index in [0.717, 1.165) is 33.8 Å². The van der Waals surface area contributed by atoms with E-state index in [1.54, 1.807) is 10.7 Å². The van der Waals surface area contributed by atoms with Gasteiger partial charge in [0.25, 0.3) is 0 Å². The zero-order valence-corrected chi connectivity index (χ0v) is 17.5. The van der Waals surface area contributed by atoms with E-state index < -0.39 is 0 Å². The number of aromatic hydroxyl groups is 1. The third-order valence-electron chi connectivity index (χ3n) is 5.41. The van der Waals surface area contributed by atoms with Gasteiger partial charge in [-0.3, -0.25) is 4.40 Å². The number of rotatable bonds is 5. The van der Waals surface area contributed by atoms with Gasteiger partial charge in [-0.15, -0.1) is 0 Å². The molecule has 0 aliphatic rings. The van der Waals surface area contributed by atoms with Gasteiger partial charge in [-0.05, 0) is 37.6 Å². The molecule has 0 radical (unpaired) electrons. The van der Waals surface area contributed by atoms with Crippen LogP contribution in [0.3, 0.4) is 0 Å². The third-order valence-corrected chi connectivity index (χ3v) is 5.41. The molecule has 31 heavy (non-hydrogen) atoms. The minimum Gasteiger partial charge on any atom is -0.493 e. The summed E-state index contributed by atoms with van der Waals surface area (Å²) in [6.45, 7) is 4.14. The maximum Gasteiger partial charge on any atom is 0.219 e. The maximum atomic E-state index is 11.0. The normalized spacial score (nSPS) is 11.3. The molecule has 5 rings (SSSR count). The molecule has 0 amide bonds. The number of benzene rings is 2. The number of furan rings is 1. The third kappa shape index (κ3) is 3.82. The van der Waals surface area contributed by atoms with E-state index in [4.69, 9.17) is 14.4 Å². The number of hydrogen-bond donors (Lipinski definition) is 1. The highest BCUT2D eigenvalue weighted by Gasteiger charge is 2.18. The highest BCUT2D eigenvalue weighted by atomic mass is 16.3. The highest BCUT2D eigenvalue weighted by molar-refractivity contribution is 5.64. The Morgan fingerprint density at radius 3 is 2.42 bits per heavy atom. The van der Waals surface area contributed by atoms with Crippen LogP contribution < -0.4 is 0 Å². The van der Waals surface area contributed by atoms with Crippen molar-refractivity contribution in [2.24, 2.45) is 0 Å². The first-order chi connectivity index (χ1) is 15.1. The molecule has 0 fully saturated rings. The van der Waals surface area contributed by atoms with Gasteiger partial charge in [0.2, 0.25) is 5.88 Å². The molecule has 0 spiro atoms. The molecular formula is C26H23N3O2. The Kier molecular flexibility index (Phi) is 4.79. The smallest absolute Gasteiger partial charge is 0.219 e. The summed E-state index contributed by atoms with van der Waals surface area (Å²) in [4.78, 5) is 9.72. The van der Waals surface area contributed by atoms with Crippen molar-refractivity contribution in [1.82, 2.24) is 14.4 Å². The molecule has 0 saturated carbocycles. The van der Waals surface area contributed by atoms with Crippen LogP contribution in [0.5, 0.6) is 5.88 Å². The number of hydrogen-bond acceptors (Lipinski definition) is 4. The first-order valence-corrected chi connectivity index (χ1v) is 10.3. The number of nitrogens with zero attached hydrogens (tertiary/aromatic N) is 3. The van der Waals surface area contributed by atoms with Crippen molar-refractivity contribution in [1.29, 1.82) is 0 Å². The average molecular weight is 409 g/mol. The van der Waals surface area contributed by atoms with Gasteiger partial charge in [0.05, 0.1) is 24.1 Å². The Morgan fingerprint density at radius 2 is 1.68 bits per heavy atom. The molecule has 0 aliphatic carbocycles. The first-order valence-electron chi connectivity index (χ1n) is 10.3. The van der Waals surface area contributed by atoms with Crippen LogP contribution in [0.4, 0.5) is 0 Å². The number of aryl methyl sites for hydroxylation is 2. The lowest BCUT2D eigenvalue weighted by atomic mass is 10.1. The quantitative estimate of drug-likeness (QED) is 0.417. The summed E-state index contributed by atoms with van der Waals surface area (Å²) in [7, 11) is 0. The van der Waals surface area contributed by atoms with Crippen LogP contribution in [0.25, 0.3) is 16.9 Å². The molecule has 3 aromatic heterocycles. The minimum absolute atomic E-state index is 0.119. The van der Waals surface area contributed by atoms with Gasteiger partial charge >= 0.3 is 0 Å². The largest absolute Gasteiger partial charge is 0.493 e. The van der Waals surface area contributed by atoms with Crippen molar-refractivity contribution in [2.45, 2.75) is 26.7 Å². The van der Waals surface area contributed by atoms with E-state index in [9.17, 15) is 5.11 Å². The number of aromatic nitrogens is 3. The standard InChI is InChI=1S/C26H23N3O2/c1-17-6-3-8-19(12-17)14-22-25-28-23(15-21-10-5-11-31-21)26(30)29(25)16-24(27-22)20-9-4-7-18(2)13-20/h3-13,16,30H,14-15H2,1-2H3. The van der Waals surface area contributed by atoms with Crippen LogP contribution in [0.1, 0.15) is 33.8 Å². The molecule has 0 atom stereocenters. The second-order valence-electron chi connectivity index (χ2n) is 7.94. The maximum absolute atomic E-state index is 11.0. The molecule has 0 unspecified atom stereocenters. The number of fused-ring (bicyclic) bond motifs is 1. The predicted molar refractivity (Wildman–Crippen MR) is 120 cm³/mol. The van der Waals surface area contributed by atoms with Crippen LogP contribution in [-0.2, 0) is 12.8 Å². The Balaban J connectivity index is 1.67. The van der Waals surface area contributed by atoms with Gasteiger partial charge in [0.1, 0.15) is 11.5 Å². The molecule has 0 bridgehead atoms. The Hall–Kier alpha value is -3.86. The van der Waals surface area contributed by atoms with Crippen LogP contribution in [0.15, 0.2) is 77.5 Å². The fourth-order valence-corrected chi connectivity index (χ4v) is 3.92. The summed E-state index contributed by atoms with van der Waals surface area (Å²) in [6, 6.07) is 20.3. The molecule has 2 aromatic carbocycles. The van der Waals surface area contributed by atoms with Gasteiger partial charge in [-0.25, -0.2) is 9.97 Å². The molecule has 154 valence electrons. The van der Waals surface area contributed by atoms with Crippen molar-refractivity contribution in [3.63, 3.8) is 0 Å². The van der Waals surface area contributed by atoms with E-state index in [0.29, 0.717) is 24.2 Å². The van der Waals surface area contributed by atoms with Gasteiger partial charge < -0.3 is 9.52 Å². The zero-order chi connectivity index (χ0) is 21.4. The van der Waals surface area contributed by atoms with Crippen molar-refractivity contribution < 1.29 is 9.52 Å². The molecule has 5 heteroatoms. The van der Waals surface area contributed by atoms with Crippen LogP contribution in [-0.4, -0.2) is 19.5 Å². The molecule has 5 nitrogen and oxygen atoms in total. The predicted octanol–water partition coefficient (Wildman–Crippen LogP) is 5.49. The summed E-state index contributed by atoms with van der Waals surface area (Å²) in [5, 5.41) is 11.0. The van der Waals surface area contributed by atoms with Gasteiger partial charge in [-0.2, -0.15) is 0 Å². The summed E-state index contributed by atoms with van der Waals surface area (Å²) >= 11 is 0. The monoisotopic (exact) mass is 409 g/mol.